The van der Waals surface area contributed by atoms with Crippen LogP contribution in [-0.2, 0) is 16.1 Å². The molecule has 0 radical (unpaired) electrons. The summed E-state index contributed by atoms with van der Waals surface area (Å²) in [6, 6.07) is 9.09. The quantitative estimate of drug-likeness (QED) is 0.648. The van der Waals surface area contributed by atoms with Crippen molar-refractivity contribution in [1.82, 2.24) is 4.90 Å². The number of hydrogen-bond acceptors (Lipinski definition) is 3. The van der Waals surface area contributed by atoms with Gasteiger partial charge in [-0.3, -0.25) is 4.79 Å². The molecule has 0 saturated heterocycles. The number of nitrogens with zero attached hydrogens (tertiary/aromatic N) is 1. The lowest BCUT2D eigenvalue weighted by atomic mass is 9.82. The zero-order valence-corrected chi connectivity index (χ0v) is 16.6. The number of ether oxygens (including phenoxy) is 1. The highest BCUT2D eigenvalue weighted by Crippen LogP contribution is 2.35. The van der Waals surface area contributed by atoms with Gasteiger partial charge in [-0.25, -0.2) is 0 Å². The van der Waals surface area contributed by atoms with E-state index in [1.165, 1.54) is 43.2 Å². The molecule has 2 saturated carbocycles. The standard InChI is InChI=1S/C23H35NO2/c1-24(2)17-19-8-10-20(11-9-19)21-12-14-22(15-13-21)26-23(25)16-18-6-4-3-5-7-18/h8-11,18,21-22H,3-7,12-17H2,1-2H3. The maximum Gasteiger partial charge on any atom is 0.306 e. The molecule has 2 aliphatic carbocycles. The van der Waals surface area contributed by atoms with E-state index >= 15 is 0 Å². The largest absolute Gasteiger partial charge is 0.462 e. The first-order valence-electron chi connectivity index (χ1n) is 10.5. The van der Waals surface area contributed by atoms with Gasteiger partial charge in [0, 0.05) is 13.0 Å². The van der Waals surface area contributed by atoms with Crippen molar-refractivity contribution in [3.05, 3.63) is 35.4 Å². The Kier molecular flexibility index (Phi) is 7.13. The predicted octanol–water partition coefficient (Wildman–Crippen LogP) is 5.29. The van der Waals surface area contributed by atoms with E-state index in [2.05, 4.69) is 43.3 Å². The number of carbonyl (C=O) groups excluding carboxylic acids is 1. The molecule has 1 aromatic rings. The Labute approximate surface area is 159 Å². The van der Waals surface area contributed by atoms with Crippen LogP contribution in [-0.4, -0.2) is 31.1 Å². The van der Waals surface area contributed by atoms with E-state index in [1.54, 1.807) is 0 Å². The van der Waals surface area contributed by atoms with Crippen LogP contribution in [0.2, 0.25) is 0 Å². The molecule has 0 bridgehead atoms. The van der Waals surface area contributed by atoms with Crippen molar-refractivity contribution in [3.63, 3.8) is 0 Å². The topological polar surface area (TPSA) is 29.5 Å². The second-order valence-electron chi connectivity index (χ2n) is 8.65. The van der Waals surface area contributed by atoms with Gasteiger partial charge in [-0.2, -0.15) is 0 Å². The van der Waals surface area contributed by atoms with Crippen LogP contribution in [0.5, 0.6) is 0 Å². The van der Waals surface area contributed by atoms with Crippen LogP contribution in [0.3, 0.4) is 0 Å². The molecule has 26 heavy (non-hydrogen) atoms. The molecule has 0 amide bonds. The van der Waals surface area contributed by atoms with Gasteiger partial charge in [0.1, 0.15) is 6.10 Å². The van der Waals surface area contributed by atoms with Crippen LogP contribution >= 0.6 is 0 Å². The van der Waals surface area contributed by atoms with E-state index in [0.717, 1.165) is 32.2 Å². The Hall–Kier alpha value is -1.35. The lowest BCUT2D eigenvalue weighted by molar-refractivity contribution is -0.152. The fraction of sp³-hybridized carbons (Fsp3) is 0.696. The zero-order chi connectivity index (χ0) is 18.4. The first kappa shape index (κ1) is 19.4. The molecule has 0 heterocycles. The third kappa shape index (κ3) is 5.84. The highest BCUT2D eigenvalue weighted by molar-refractivity contribution is 5.69. The summed E-state index contributed by atoms with van der Waals surface area (Å²) in [5.74, 6) is 1.25. The molecule has 3 heteroatoms. The molecule has 0 aromatic heterocycles. The predicted molar refractivity (Wildman–Crippen MR) is 106 cm³/mol. The van der Waals surface area contributed by atoms with Crippen molar-refractivity contribution in [1.29, 1.82) is 0 Å². The maximum absolute atomic E-state index is 12.2. The number of rotatable bonds is 6. The highest BCUT2D eigenvalue weighted by atomic mass is 16.5. The zero-order valence-electron chi connectivity index (χ0n) is 16.6. The Morgan fingerprint density at radius 2 is 1.62 bits per heavy atom. The molecular formula is C23H35NO2. The van der Waals surface area contributed by atoms with Crippen molar-refractivity contribution in [2.45, 2.75) is 82.8 Å². The van der Waals surface area contributed by atoms with Crippen LogP contribution < -0.4 is 0 Å². The van der Waals surface area contributed by atoms with Crippen molar-refractivity contribution < 1.29 is 9.53 Å². The second kappa shape index (κ2) is 9.55. The molecular weight excluding hydrogens is 322 g/mol. The lowest BCUT2D eigenvalue weighted by Gasteiger charge is -2.29. The Morgan fingerprint density at radius 1 is 0.962 bits per heavy atom. The Balaban J connectivity index is 1.41. The van der Waals surface area contributed by atoms with Gasteiger partial charge in [0.15, 0.2) is 0 Å². The first-order valence-corrected chi connectivity index (χ1v) is 10.5. The minimum atomic E-state index is 0.0494. The molecule has 0 atom stereocenters. The fourth-order valence-electron chi connectivity index (χ4n) is 4.64. The number of carbonyl (C=O) groups is 1. The van der Waals surface area contributed by atoms with E-state index in [-0.39, 0.29) is 12.1 Å². The van der Waals surface area contributed by atoms with Crippen LogP contribution in [0.25, 0.3) is 0 Å². The molecule has 0 spiro atoms. The average Bonchev–Trinajstić information content (AvgIpc) is 2.63. The Bertz CT molecular complexity index is 552. The van der Waals surface area contributed by atoms with Gasteiger partial charge in [-0.15, -0.1) is 0 Å². The van der Waals surface area contributed by atoms with Crippen LogP contribution in [0.4, 0.5) is 0 Å². The SMILES string of the molecule is CN(C)Cc1ccc(C2CCC(OC(=O)CC3CCCCC3)CC2)cc1. The number of benzene rings is 1. The lowest BCUT2D eigenvalue weighted by Crippen LogP contribution is -2.25. The summed E-state index contributed by atoms with van der Waals surface area (Å²) in [5.41, 5.74) is 2.81. The van der Waals surface area contributed by atoms with Crippen LogP contribution in [0.15, 0.2) is 24.3 Å². The monoisotopic (exact) mass is 357 g/mol. The summed E-state index contributed by atoms with van der Waals surface area (Å²) in [6.45, 7) is 0.990. The van der Waals surface area contributed by atoms with E-state index in [0.29, 0.717) is 18.3 Å². The van der Waals surface area contributed by atoms with Gasteiger partial charge in [-0.1, -0.05) is 43.5 Å². The average molecular weight is 358 g/mol. The smallest absolute Gasteiger partial charge is 0.306 e. The van der Waals surface area contributed by atoms with Crippen molar-refractivity contribution in [2.75, 3.05) is 14.1 Å². The van der Waals surface area contributed by atoms with Crippen molar-refractivity contribution >= 4 is 5.97 Å². The van der Waals surface area contributed by atoms with Gasteiger partial charge in [0.2, 0.25) is 0 Å². The van der Waals surface area contributed by atoms with Gasteiger partial charge in [-0.05, 0) is 75.6 Å². The summed E-state index contributed by atoms with van der Waals surface area (Å²) in [7, 11) is 4.20. The van der Waals surface area contributed by atoms with E-state index in [1.807, 2.05) is 0 Å². The summed E-state index contributed by atoms with van der Waals surface area (Å²) in [5, 5.41) is 0. The second-order valence-corrected chi connectivity index (χ2v) is 8.65. The molecule has 0 aliphatic heterocycles. The molecule has 0 N–H and O–H groups in total. The molecule has 2 aliphatic rings. The van der Waals surface area contributed by atoms with Gasteiger partial charge >= 0.3 is 5.97 Å². The first-order chi connectivity index (χ1) is 12.6. The minimum Gasteiger partial charge on any atom is -0.462 e. The van der Waals surface area contributed by atoms with Crippen LogP contribution in [0, 0.1) is 5.92 Å². The number of esters is 1. The summed E-state index contributed by atoms with van der Waals surface area (Å²) >= 11 is 0. The Morgan fingerprint density at radius 3 is 2.23 bits per heavy atom. The minimum absolute atomic E-state index is 0.0494. The third-order valence-electron chi connectivity index (χ3n) is 6.10. The normalized spacial score (nSPS) is 24.6. The summed E-state index contributed by atoms with van der Waals surface area (Å²) in [4.78, 5) is 14.4. The van der Waals surface area contributed by atoms with Gasteiger partial charge in [0.05, 0.1) is 0 Å². The van der Waals surface area contributed by atoms with E-state index in [9.17, 15) is 4.79 Å². The highest BCUT2D eigenvalue weighted by Gasteiger charge is 2.26. The molecule has 0 unspecified atom stereocenters. The fourth-order valence-corrected chi connectivity index (χ4v) is 4.64. The summed E-state index contributed by atoms with van der Waals surface area (Å²) < 4.78 is 5.80. The maximum atomic E-state index is 12.2. The molecule has 1 aromatic carbocycles. The molecule has 3 nitrogen and oxygen atoms in total. The molecule has 3 rings (SSSR count). The number of hydrogen-bond donors (Lipinski definition) is 0. The van der Waals surface area contributed by atoms with Gasteiger partial charge < -0.3 is 9.64 Å². The third-order valence-corrected chi connectivity index (χ3v) is 6.10. The molecule has 2 fully saturated rings. The van der Waals surface area contributed by atoms with Crippen LogP contribution in [0.1, 0.15) is 81.3 Å². The van der Waals surface area contributed by atoms with E-state index < -0.39 is 0 Å². The van der Waals surface area contributed by atoms with E-state index in [4.69, 9.17) is 4.74 Å². The summed E-state index contributed by atoms with van der Waals surface area (Å²) in [6.07, 6.45) is 11.4. The van der Waals surface area contributed by atoms with Crippen molar-refractivity contribution in [2.24, 2.45) is 5.92 Å². The van der Waals surface area contributed by atoms with Crippen molar-refractivity contribution in [3.8, 4) is 0 Å². The molecule has 144 valence electrons. The van der Waals surface area contributed by atoms with Gasteiger partial charge in [0.25, 0.3) is 0 Å².